The van der Waals surface area contributed by atoms with Gasteiger partial charge in [0, 0.05) is 10.7 Å². The van der Waals surface area contributed by atoms with E-state index in [1.807, 2.05) is 0 Å². The molecule has 2 nitrogen and oxygen atoms in total. The topological polar surface area (TPSA) is 6.48 Å². The third-order valence-electron chi connectivity index (χ3n) is 2.24. The van der Waals surface area contributed by atoms with Crippen LogP contribution in [0.3, 0.4) is 0 Å². The Morgan fingerprint density at radius 2 is 1.31 bits per heavy atom. The van der Waals surface area contributed by atoms with E-state index in [9.17, 15) is 0 Å². The molecule has 0 atom stereocenters. The lowest BCUT2D eigenvalue weighted by Gasteiger charge is -2.18. The molecule has 0 aromatic carbocycles. The maximum Gasteiger partial charge on any atom is 0.00392 e. The largest absolute Gasteiger partial charge is 0.309 e. The molecule has 0 bridgehead atoms. The van der Waals surface area contributed by atoms with Gasteiger partial charge in [0.2, 0.25) is 0 Å². The average molecular weight is 360 g/mol. The minimum Gasteiger partial charge on any atom is -0.309 e. The smallest absolute Gasteiger partial charge is 0.00392 e. The first kappa shape index (κ1) is 19.2. The van der Waals surface area contributed by atoms with Crippen LogP contribution in [-0.2, 0) is 0 Å². The summed E-state index contributed by atoms with van der Waals surface area (Å²) in [5.74, 6) is 0. The first-order valence-electron chi connectivity index (χ1n) is 6.11. The van der Waals surface area contributed by atoms with Gasteiger partial charge in [-0.2, -0.15) is 0 Å². The van der Waals surface area contributed by atoms with Crippen molar-refractivity contribution in [2.45, 2.75) is 26.7 Å². The van der Waals surface area contributed by atoms with Crippen molar-refractivity contribution in [2.75, 3.05) is 50.9 Å². The van der Waals surface area contributed by atoms with Gasteiger partial charge in [-0.3, -0.25) is 0 Å². The van der Waals surface area contributed by atoms with Crippen molar-refractivity contribution in [1.82, 2.24) is 9.80 Å². The molecule has 0 aromatic heterocycles. The average Bonchev–Trinajstić information content (AvgIpc) is 2.26. The van der Waals surface area contributed by atoms with Gasteiger partial charge in [-0.05, 0) is 53.1 Å². The highest BCUT2D eigenvalue weighted by Crippen LogP contribution is 1.91. The summed E-state index contributed by atoms with van der Waals surface area (Å²) in [5.41, 5.74) is 0. The molecule has 0 spiro atoms. The minimum absolute atomic E-state index is 1.11. The number of alkyl halides is 2. The van der Waals surface area contributed by atoms with E-state index >= 15 is 0 Å². The summed E-state index contributed by atoms with van der Waals surface area (Å²) >= 11 is 6.56. The molecule has 0 amide bonds. The van der Waals surface area contributed by atoms with Crippen molar-refractivity contribution in [3.8, 4) is 0 Å². The van der Waals surface area contributed by atoms with Crippen LogP contribution in [0.1, 0.15) is 26.7 Å². The summed E-state index contributed by atoms with van der Waals surface area (Å²) in [6, 6.07) is 0. The molecule has 4 heteroatoms. The number of nitrogens with zero attached hydrogens (tertiary/aromatic N) is 2. The summed E-state index contributed by atoms with van der Waals surface area (Å²) in [6.45, 7) is 9.26. The molecular weight excluding hydrogens is 332 g/mol. The lowest BCUT2D eigenvalue weighted by molar-refractivity contribution is 0.278. The number of rotatable bonds is 8. The third kappa shape index (κ3) is 17.3. The molecule has 0 rings (SSSR count). The van der Waals surface area contributed by atoms with Crippen LogP contribution in [-0.4, -0.2) is 60.7 Å². The van der Waals surface area contributed by atoms with Gasteiger partial charge in [0.15, 0.2) is 0 Å². The Hall–Kier alpha value is 0.880. The predicted octanol–water partition coefficient (Wildman–Crippen LogP) is 3.45. The molecule has 0 unspecified atom stereocenters. The number of halogens is 2. The van der Waals surface area contributed by atoms with Crippen molar-refractivity contribution in [3.05, 3.63) is 0 Å². The normalized spacial score (nSPS) is 10.5. The zero-order chi connectivity index (χ0) is 12.8. The van der Waals surface area contributed by atoms with Crippen LogP contribution in [0.2, 0.25) is 0 Å². The highest BCUT2D eigenvalue weighted by atomic mass is 79.9. The van der Waals surface area contributed by atoms with Crippen molar-refractivity contribution >= 4 is 31.9 Å². The van der Waals surface area contributed by atoms with E-state index in [4.69, 9.17) is 0 Å². The molecule has 0 aliphatic carbocycles. The van der Waals surface area contributed by atoms with E-state index in [0.717, 1.165) is 10.7 Å². The zero-order valence-electron chi connectivity index (χ0n) is 11.3. The van der Waals surface area contributed by atoms with Gasteiger partial charge >= 0.3 is 0 Å². The van der Waals surface area contributed by atoms with Gasteiger partial charge < -0.3 is 9.80 Å². The fourth-order valence-corrected chi connectivity index (χ4v) is 2.51. The molecule has 0 fully saturated rings. The van der Waals surface area contributed by atoms with Crippen LogP contribution in [0.4, 0.5) is 0 Å². The molecule has 0 heterocycles. The van der Waals surface area contributed by atoms with Gasteiger partial charge in [-0.25, -0.2) is 0 Å². The Kier molecular flexibility index (Phi) is 19.1. The van der Waals surface area contributed by atoms with E-state index < -0.39 is 0 Å². The van der Waals surface area contributed by atoms with E-state index in [1.54, 1.807) is 0 Å². The van der Waals surface area contributed by atoms with Crippen molar-refractivity contribution in [3.63, 3.8) is 0 Å². The molecule has 0 aromatic rings. The van der Waals surface area contributed by atoms with E-state index in [1.165, 1.54) is 39.0 Å². The van der Waals surface area contributed by atoms with Gasteiger partial charge in [0.1, 0.15) is 0 Å². The fraction of sp³-hybridized carbons (Fsp3) is 1.00. The molecule has 0 saturated heterocycles. The molecule has 0 radical (unpaired) electrons. The second kappa shape index (κ2) is 15.9. The molecule has 0 saturated carbocycles. The summed E-state index contributed by atoms with van der Waals surface area (Å²) < 4.78 is 0. The monoisotopic (exact) mass is 358 g/mol. The lowest BCUT2D eigenvalue weighted by atomic mass is 10.3. The minimum atomic E-state index is 1.11. The number of hydrogen-bond acceptors (Lipinski definition) is 2. The second-order valence-electron chi connectivity index (χ2n) is 3.92. The van der Waals surface area contributed by atoms with Crippen LogP contribution in [0, 0.1) is 0 Å². The predicted molar refractivity (Wildman–Crippen MR) is 83.2 cm³/mol. The summed E-state index contributed by atoms with van der Waals surface area (Å²) in [5, 5.41) is 2.22. The maximum atomic E-state index is 3.28. The van der Waals surface area contributed by atoms with Crippen LogP contribution in [0.5, 0.6) is 0 Å². The standard InChI is InChI=1S/C9H22N2.C3H6Br2/c1-5-11(6-2)9-7-8-10(3)4;4-2-1-3-5/h5-9H2,1-4H3;1-3H2. The summed E-state index contributed by atoms with van der Waals surface area (Å²) in [4.78, 5) is 4.70. The Morgan fingerprint density at radius 3 is 1.56 bits per heavy atom. The van der Waals surface area contributed by atoms with Gasteiger partial charge in [0.25, 0.3) is 0 Å². The highest BCUT2D eigenvalue weighted by molar-refractivity contribution is 9.09. The number of hydrogen-bond donors (Lipinski definition) is 0. The zero-order valence-corrected chi connectivity index (χ0v) is 14.5. The van der Waals surface area contributed by atoms with E-state index in [2.05, 4.69) is 69.6 Å². The van der Waals surface area contributed by atoms with Crippen LogP contribution in [0.25, 0.3) is 0 Å². The van der Waals surface area contributed by atoms with Gasteiger partial charge in [-0.15, -0.1) is 0 Å². The molecular formula is C12H28Br2N2. The van der Waals surface area contributed by atoms with Crippen molar-refractivity contribution < 1.29 is 0 Å². The van der Waals surface area contributed by atoms with Crippen LogP contribution < -0.4 is 0 Å². The SMILES string of the molecule is BrCCCBr.CCN(CC)CCCN(C)C. The van der Waals surface area contributed by atoms with Crippen LogP contribution in [0.15, 0.2) is 0 Å². The molecule has 0 aliphatic heterocycles. The first-order valence-corrected chi connectivity index (χ1v) is 8.35. The fourth-order valence-electron chi connectivity index (χ4n) is 1.20. The molecule has 100 valence electrons. The maximum absolute atomic E-state index is 3.28. The Labute approximate surface area is 119 Å². The Bertz CT molecular complexity index is 116. The van der Waals surface area contributed by atoms with E-state index in [-0.39, 0.29) is 0 Å². The van der Waals surface area contributed by atoms with Crippen molar-refractivity contribution in [2.24, 2.45) is 0 Å². The first-order chi connectivity index (χ1) is 7.62. The lowest BCUT2D eigenvalue weighted by Crippen LogP contribution is -2.26. The Morgan fingerprint density at radius 1 is 0.812 bits per heavy atom. The van der Waals surface area contributed by atoms with Gasteiger partial charge in [-0.1, -0.05) is 45.7 Å². The third-order valence-corrected chi connectivity index (χ3v) is 3.36. The van der Waals surface area contributed by atoms with Gasteiger partial charge in [0.05, 0.1) is 0 Å². The van der Waals surface area contributed by atoms with E-state index in [0.29, 0.717) is 0 Å². The second-order valence-corrected chi connectivity index (χ2v) is 5.50. The quantitative estimate of drug-likeness (QED) is 0.612. The summed E-state index contributed by atoms with van der Waals surface area (Å²) in [6.07, 6.45) is 2.51. The Balaban J connectivity index is 0. The van der Waals surface area contributed by atoms with Crippen molar-refractivity contribution in [1.29, 1.82) is 0 Å². The molecule has 0 aliphatic rings. The van der Waals surface area contributed by atoms with Crippen LogP contribution >= 0.6 is 31.9 Å². The summed E-state index contributed by atoms with van der Waals surface area (Å²) in [7, 11) is 4.25. The highest BCUT2D eigenvalue weighted by Gasteiger charge is 1.97. The molecule has 0 N–H and O–H groups in total. The molecule has 16 heavy (non-hydrogen) atoms.